The molecule has 1 aliphatic rings. The number of methoxy groups -OCH3 is 1. The number of likely N-dealkylation sites (tertiary alicyclic amines) is 1. The standard InChI is InChI=1S/C9H17NO2/c1-7-9(12-3)5-4-8(6-11)10(7)2/h6-9H,4-5H2,1-3H3/t7-,8-,9-/m1/s1. The zero-order valence-corrected chi connectivity index (χ0v) is 7.99. The lowest BCUT2D eigenvalue weighted by Gasteiger charge is -2.39. The largest absolute Gasteiger partial charge is 0.380 e. The molecular formula is C9H17NO2. The minimum Gasteiger partial charge on any atom is -0.380 e. The third-order valence-corrected chi connectivity index (χ3v) is 2.91. The molecule has 3 atom stereocenters. The zero-order chi connectivity index (χ0) is 9.14. The van der Waals surface area contributed by atoms with E-state index in [0.717, 1.165) is 19.1 Å². The van der Waals surface area contributed by atoms with Crippen LogP contribution in [0, 0.1) is 0 Å². The molecule has 3 heteroatoms. The van der Waals surface area contributed by atoms with E-state index in [1.807, 2.05) is 7.05 Å². The van der Waals surface area contributed by atoms with Crippen LogP contribution in [0.25, 0.3) is 0 Å². The van der Waals surface area contributed by atoms with Gasteiger partial charge in [-0.3, -0.25) is 4.90 Å². The Bertz CT molecular complexity index is 161. The highest BCUT2D eigenvalue weighted by atomic mass is 16.5. The van der Waals surface area contributed by atoms with Crippen molar-refractivity contribution in [3.05, 3.63) is 0 Å². The Morgan fingerprint density at radius 1 is 1.50 bits per heavy atom. The molecule has 3 nitrogen and oxygen atoms in total. The van der Waals surface area contributed by atoms with Gasteiger partial charge < -0.3 is 9.53 Å². The molecule has 1 aliphatic heterocycles. The van der Waals surface area contributed by atoms with Gasteiger partial charge in [0.2, 0.25) is 0 Å². The molecule has 12 heavy (non-hydrogen) atoms. The van der Waals surface area contributed by atoms with Crippen LogP contribution >= 0.6 is 0 Å². The average Bonchev–Trinajstić information content (AvgIpc) is 2.10. The van der Waals surface area contributed by atoms with E-state index in [4.69, 9.17) is 4.74 Å². The van der Waals surface area contributed by atoms with E-state index in [-0.39, 0.29) is 12.1 Å². The molecule has 0 saturated carbocycles. The van der Waals surface area contributed by atoms with Crippen LogP contribution in [0.3, 0.4) is 0 Å². The maximum Gasteiger partial charge on any atom is 0.137 e. The number of carbonyl (C=O) groups excluding carboxylic acids is 1. The first-order valence-electron chi connectivity index (χ1n) is 4.40. The Labute approximate surface area is 73.7 Å². The highest BCUT2D eigenvalue weighted by Gasteiger charge is 2.31. The van der Waals surface area contributed by atoms with Gasteiger partial charge in [0.25, 0.3) is 0 Å². The third kappa shape index (κ3) is 1.67. The van der Waals surface area contributed by atoms with Crippen LogP contribution < -0.4 is 0 Å². The molecule has 1 saturated heterocycles. The van der Waals surface area contributed by atoms with Gasteiger partial charge in [-0.25, -0.2) is 0 Å². The summed E-state index contributed by atoms with van der Waals surface area (Å²) in [4.78, 5) is 12.7. The number of nitrogens with zero attached hydrogens (tertiary/aromatic N) is 1. The summed E-state index contributed by atoms with van der Waals surface area (Å²) < 4.78 is 5.31. The summed E-state index contributed by atoms with van der Waals surface area (Å²) in [6, 6.07) is 0.436. The van der Waals surface area contributed by atoms with Crippen LogP contribution in [0.4, 0.5) is 0 Å². The Kier molecular flexibility index (Phi) is 3.23. The van der Waals surface area contributed by atoms with Gasteiger partial charge in [0, 0.05) is 13.2 Å². The number of carbonyl (C=O) groups is 1. The number of piperidine rings is 1. The van der Waals surface area contributed by atoms with Gasteiger partial charge >= 0.3 is 0 Å². The molecule has 1 fully saturated rings. The number of aldehydes is 1. The second-order valence-electron chi connectivity index (χ2n) is 3.46. The van der Waals surface area contributed by atoms with Crippen LogP contribution in [0.1, 0.15) is 19.8 Å². The van der Waals surface area contributed by atoms with E-state index < -0.39 is 0 Å². The first kappa shape index (κ1) is 9.68. The number of likely N-dealkylation sites (N-methyl/N-ethyl adjacent to an activating group) is 1. The van der Waals surface area contributed by atoms with E-state index >= 15 is 0 Å². The summed E-state index contributed by atoms with van der Waals surface area (Å²) in [6.07, 6.45) is 3.22. The molecule has 0 aromatic heterocycles. The molecule has 0 aliphatic carbocycles. The van der Waals surface area contributed by atoms with Crippen molar-refractivity contribution in [2.75, 3.05) is 14.2 Å². The fraction of sp³-hybridized carbons (Fsp3) is 0.889. The van der Waals surface area contributed by atoms with Crippen molar-refractivity contribution >= 4 is 6.29 Å². The van der Waals surface area contributed by atoms with Gasteiger partial charge in [-0.2, -0.15) is 0 Å². The number of hydrogen-bond acceptors (Lipinski definition) is 3. The van der Waals surface area contributed by atoms with Crippen molar-refractivity contribution in [3.8, 4) is 0 Å². The number of rotatable bonds is 2. The van der Waals surface area contributed by atoms with Crippen molar-refractivity contribution in [2.24, 2.45) is 0 Å². The smallest absolute Gasteiger partial charge is 0.137 e. The van der Waals surface area contributed by atoms with Gasteiger partial charge in [-0.15, -0.1) is 0 Å². The Morgan fingerprint density at radius 3 is 2.67 bits per heavy atom. The van der Waals surface area contributed by atoms with Crippen LogP contribution in [0.15, 0.2) is 0 Å². The van der Waals surface area contributed by atoms with E-state index in [9.17, 15) is 4.79 Å². The number of hydrogen-bond donors (Lipinski definition) is 0. The first-order chi connectivity index (χ1) is 5.70. The van der Waals surface area contributed by atoms with Gasteiger partial charge in [0.05, 0.1) is 12.1 Å². The number of ether oxygens (including phenoxy) is 1. The van der Waals surface area contributed by atoms with Crippen molar-refractivity contribution < 1.29 is 9.53 Å². The van der Waals surface area contributed by atoms with E-state index in [1.54, 1.807) is 7.11 Å². The summed E-state index contributed by atoms with van der Waals surface area (Å²) in [6.45, 7) is 2.10. The van der Waals surface area contributed by atoms with Crippen molar-refractivity contribution in [1.29, 1.82) is 0 Å². The molecule has 1 rings (SSSR count). The van der Waals surface area contributed by atoms with Crippen molar-refractivity contribution in [2.45, 2.75) is 38.0 Å². The van der Waals surface area contributed by atoms with Gasteiger partial charge in [-0.1, -0.05) is 0 Å². The quantitative estimate of drug-likeness (QED) is 0.572. The molecule has 0 amide bonds. The Hall–Kier alpha value is -0.410. The van der Waals surface area contributed by atoms with Crippen LogP contribution in [-0.4, -0.2) is 43.5 Å². The maximum absolute atomic E-state index is 10.6. The molecule has 0 aromatic carbocycles. The minimum absolute atomic E-state index is 0.0893. The lowest BCUT2D eigenvalue weighted by molar-refractivity contribution is -0.116. The highest BCUT2D eigenvalue weighted by Crippen LogP contribution is 2.22. The average molecular weight is 171 g/mol. The van der Waals surface area contributed by atoms with Crippen LogP contribution in [-0.2, 0) is 9.53 Å². The summed E-state index contributed by atoms with van der Waals surface area (Å²) in [5.74, 6) is 0. The van der Waals surface area contributed by atoms with Crippen LogP contribution in [0.5, 0.6) is 0 Å². The molecular weight excluding hydrogens is 154 g/mol. The molecule has 0 aromatic rings. The zero-order valence-electron chi connectivity index (χ0n) is 7.99. The maximum atomic E-state index is 10.6. The normalized spacial score (nSPS) is 38.1. The minimum atomic E-state index is 0.0893. The molecule has 0 bridgehead atoms. The second-order valence-corrected chi connectivity index (χ2v) is 3.46. The fourth-order valence-electron chi connectivity index (χ4n) is 1.82. The predicted octanol–water partition coefficient (Wildman–Crippen LogP) is 0.683. The summed E-state index contributed by atoms with van der Waals surface area (Å²) in [5.41, 5.74) is 0. The Morgan fingerprint density at radius 2 is 2.17 bits per heavy atom. The molecule has 0 unspecified atom stereocenters. The van der Waals surface area contributed by atoms with Crippen molar-refractivity contribution in [1.82, 2.24) is 4.90 Å². The summed E-state index contributed by atoms with van der Waals surface area (Å²) in [7, 11) is 3.71. The van der Waals surface area contributed by atoms with Gasteiger partial charge in [0.15, 0.2) is 0 Å². The molecule has 0 spiro atoms. The Balaban J connectivity index is 2.58. The van der Waals surface area contributed by atoms with Crippen molar-refractivity contribution in [3.63, 3.8) is 0 Å². The second kappa shape index (κ2) is 4.01. The molecule has 0 N–H and O–H groups in total. The van der Waals surface area contributed by atoms with E-state index in [1.165, 1.54) is 0 Å². The third-order valence-electron chi connectivity index (χ3n) is 2.91. The topological polar surface area (TPSA) is 29.5 Å². The molecule has 70 valence electrons. The van der Waals surface area contributed by atoms with Gasteiger partial charge in [-0.05, 0) is 26.8 Å². The van der Waals surface area contributed by atoms with Crippen LogP contribution in [0.2, 0.25) is 0 Å². The van der Waals surface area contributed by atoms with E-state index in [0.29, 0.717) is 6.04 Å². The molecule has 1 heterocycles. The SMILES string of the molecule is CO[C@@H]1CC[C@H](C=O)N(C)[C@@H]1C. The van der Waals surface area contributed by atoms with Gasteiger partial charge in [0.1, 0.15) is 6.29 Å². The lowest BCUT2D eigenvalue weighted by Crippen LogP contribution is -2.50. The van der Waals surface area contributed by atoms with E-state index in [2.05, 4.69) is 11.8 Å². The summed E-state index contributed by atoms with van der Waals surface area (Å²) >= 11 is 0. The molecule has 0 radical (unpaired) electrons. The lowest BCUT2D eigenvalue weighted by atomic mass is 9.95. The monoisotopic (exact) mass is 171 g/mol. The first-order valence-corrected chi connectivity index (χ1v) is 4.40. The highest BCUT2D eigenvalue weighted by molar-refractivity contribution is 5.57. The fourth-order valence-corrected chi connectivity index (χ4v) is 1.82. The summed E-state index contributed by atoms with van der Waals surface area (Å²) in [5, 5.41) is 0. The predicted molar refractivity (Wildman–Crippen MR) is 47.1 cm³/mol.